The van der Waals surface area contributed by atoms with Gasteiger partial charge in [-0.3, -0.25) is 15.0 Å². The molecule has 3 aromatic carbocycles. The summed E-state index contributed by atoms with van der Waals surface area (Å²) in [7, 11) is 3.19. The maximum atomic E-state index is 11.0. The lowest BCUT2D eigenvalue weighted by atomic mass is 10.0. The number of hydrogen-bond donors (Lipinski definition) is 1. The second-order valence-corrected chi connectivity index (χ2v) is 8.60. The van der Waals surface area contributed by atoms with Crippen LogP contribution in [0.4, 0.5) is 11.4 Å². The van der Waals surface area contributed by atoms with E-state index in [4.69, 9.17) is 14.2 Å². The van der Waals surface area contributed by atoms with Gasteiger partial charge < -0.3 is 19.5 Å². The number of rotatable bonds is 10. The molecule has 0 amide bonds. The molecule has 0 bridgehead atoms. The summed E-state index contributed by atoms with van der Waals surface area (Å²) in [6, 6.07) is 21.1. The molecule has 0 aromatic heterocycles. The number of anilines is 1. The highest BCUT2D eigenvalue weighted by atomic mass is 16.6. The normalized spacial score (nSPS) is 14.3. The molecule has 1 aliphatic heterocycles. The van der Waals surface area contributed by atoms with Gasteiger partial charge in [0.25, 0.3) is 5.69 Å². The van der Waals surface area contributed by atoms with Gasteiger partial charge in [0.1, 0.15) is 12.4 Å². The summed E-state index contributed by atoms with van der Waals surface area (Å²) in [4.78, 5) is 13.0. The SMILES string of the molecule is COc1cc([N+](=O)[O-])ccc1NC1CCN(Cc2ccc(OCc3ccccc3)c(OC)c2)CC1. The molecule has 0 atom stereocenters. The molecular weight excluding hydrogens is 446 g/mol. The minimum absolute atomic E-state index is 0.0223. The van der Waals surface area contributed by atoms with Crippen molar-refractivity contribution >= 4 is 11.4 Å². The predicted molar refractivity (Wildman–Crippen MR) is 135 cm³/mol. The van der Waals surface area contributed by atoms with Gasteiger partial charge in [-0.1, -0.05) is 36.4 Å². The second-order valence-electron chi connectivity index (χ2n) is 8.60. The molecule has 35 heavy (non-hydrogen) atoms. The van der Waals surface area contributed by atoms with Gasteiger partial charge in [0, 0.05) is 31.7 Å². The third kappa shape index (κ3) is 6.42. The Balaban J connectivity index is 1.30. The molecule has 1 N–H and O–H groups in total. The molecule has 4 rings (SSSR count). The van der Waals surface area contributed by atoms with Crippen molar-refractivity contribution in [3.63, 3.8) is 0 Å². The number of methoxy groups -OCH3 is 2. The number of nitrogens with zero attached hydrogens (tertiary/aromatic N) is 2. The molecule has 1 saturated heterocycles. The van der Waals surface area contributed by atoms with Crippen LogP contribution in [0.15, 0.2) is 66.7 Å². The van der Waals surface area contributed by atoms with Crippen LogP contribution in [0.3, 0.4) is 0 Å². The van der Waals surface area contributed by atoms with Gasteiger partial charge in [-0.2, -0.15) is 0 Å². The Morgan fingerprint density at radius 2 is 1.66 bits per heavy atom. The fraction of sp³-hybridized carbons (Fsp3) is 0.333. The van der Waals surface area contributed by atoms with Crippen molar-refractivity contribution in [2.75, 3.05) is 32.6 Å². The number of ether oxygens (including phenoxy) is 3. The van der Waals surface area contributed by atoms with Gasteiger partial charge in [0.15, 0.2) is 11.5 Å². The van der Waals surface area contributed by atoms with Crippen molar-refractivity contribution in [3.05, 3.63) is 88.0 Å². The molecule has 0 spiro atoms. The van der Waals surface area contributed by atoms with E-state index in [0.29, 0.717) is 12.4 Å². The lowest BCUT2D eigenvalue weighted by Crippen LogP contribution is -2.38. The second kappa shape index (κ2) is 11.6. The van der Waals surface area contributed by atoms with Crippen molar-refractivity contribution in [3.8, 4) is 17.2 Å². The van der Waals surface area contributed by atoms with Crippen LogP contribution in [0.2, 0.25) is 0 Å². The molecule has 1 aliphatic rings. The van der Waals surface area contributed by atoms with E-state index in [9.17, 15) is 10.1 Å². The largest absolute Gasteiger partial charge is 0.494 e. The minimum Gasteiger partial charge on any atom is -0.494 e. The summed E-state index contributed by atoms with van der Waals surface area (Å²) in [5, 5.41) is 14.5. The van der Waals surface area contributed by atoms with E-state index in [1.165, 1.54) is 24.8 Å². The third-order valence-electron chi connectivity index (χ3n) is 6.21. The van der Waals surface area contributed by atoms with E-state index in [-0.39, 0.29) is 11.7 Å². The number of nitro groups is 1. The van der Waals surface area contributed by atoms with Crippen LogP contribution < -0.4 is 19.5 Å². The number of likely N-dealkylation sites (tertiary alicyclic amines) is 1. The van der Waals surface area contributed by atoms with Gasteiger partial charge in [-0.05, 0) is 42.2 Å². The summed E-state index contributed by atoms with van der Waals surface area (Å²) in [6.07, 6.45) is 1.94. The van der Waals surface area contributed by atoms with Crippen molar-refractivity contribution in [1.29, 1.82) is 0 Å². The highest BCUT2D eigenvalue weighted by molar-refractivity contribution is 5.61. The molecule has 0 aliphatic carbocycles. The molecular formula is C27H31N3O5. The average molecular weight is 478 g/mol. The number of hydrogen-bond acceptors (Lipinski definition) is 7. The molecule has 3 aromatic rings. The number of nitrogens with one attached hydrogen (secondary N) is 1. The number of benzene rings is 3. The van der Waals surface area contributed by atoms with Crippen LogP contribution in [0.5, 0.6) is 17.2 Å². The zero-order valence-electron chi connectivity index (χ0n) is 20.1. The van der Waals surface area contributed by atoms with E-state index in [0.717, 1.165) is 55.2 Å². The fourth-order valence-electron chi connectivity index (χ4n) is 4.29. The molecule has 8 heteroatoms. The maximum absolute atomic E-state index is 11.0. The summed E-state index contributed by atoms with van der Waals surface area (Å²) in [6.45, 7) is 3.22. The Hall–Kier alpha value is -3.78. The van der Waals surface area contributed by atoms with Gasteiger partial charge >= 0.3 is 0 Å². The molecule has 184 valence electrons. The first kappa shape index (κ1) is 24.3. The molecule has 1 fully saturated rings. The highest BCUT2D eigenvalue weighted by Crippen LogP contribution is 2.32. The molecule has 1 heterocycles. The third-order valence-corrected chi connectivity index (χ3v) is 6.21. The molecule has 8 nitrogen and oxygen atoms in total. The highest BCUT2D eigenvalue weighted by Gasteiger charge is 2.21. The van der Waals surface area contributed by atoms with Crippen LogP contribution in [0.25, 0.3) is 0 Å². The standard InChI is InChI=1S/C27H31N3O5/c1-33-26-17-23(30(31)32)9-10-24(26)28-22-12-14-29(15-13-22)18-21-8-11-25(27(16-21)34-2)35-19-20-6-4-3-5-7-20/h3-11,16-17,22,28H,12-15,18-19H2,1-2H3. The van der Waals surface area contributed by atoms with Gasteiger partial charge in [0.05, 0.1) is 30.9 Å². The first-order chi connectivity index (χ1) is 17.1. The van der Waals surface area contributed by atoms with Crippen LogP contribution in [-0.2, 0) is 13.2 Å². The van der Waals surface area contributed by atoms with E-state index in [2.05, 4.69) is 16.3 Å². The van der Waals surface area contributed by atoms with Gasteiger partial charge in [-0.25, -0.2) is 0 Å². The fourth-order valence-corrected chi connectivity index (χ4v) is 4.29. The lowest BCUT2D eigenvalue weighted by Gasteiger charge is -2.33. The van der Waals surface area contributed by atoms with E-state index in [1.807, 2.05) is 42.5 Å². The van der Waals surface area contributed by atoms with Crippen molar-refractivity contribution in [2.45, 2.75) is 32.0 Å². The summed E-state index contributed by atoms with van der Waals surface area (Å²) < 4.78 is 16.9. The number of piperidine rings is 1. The first-order valence-corrected chi connectivity index (χ1v) is 11.7. The summed E-state index contributed by atoms with van der Waals surface area (Å²) >= 11 is 0. The van der Waals surface area contributed by atoms with E-state index < -0.39 is 4.92 Å². The van der Waals surface area contributed by atoms with Crippen LogP contribution in [-0.4, -0.2) is 43.2 Å². The zero-order valence-corrected chi connectivity index (χ0v) is 20.1. The number of non-ortho nitro benzene ring substituents is 1. The number of nitro benzene ring substituents is 1. The predicted octanol–water partition coefficient (Wildman–Crippen LogP) is 5.27. The van der Waals surface area contributed by atoms with E-state index >= 15 is 0 Å². The maximum Gasteiger partial charge on any atom is 0.273 e. The Kier molecular flexibility index (Phi) is 8.05. The minimum atomic E-state index is -0.415. The van der Waals surface area contributed by atoms with Crippen LogP contribution in [0, 0.1) is 10.1 Å². The van der Waals surface area contributed by atoms with Gasteiger partial charge in [-0.15, -0.1) is 0 Å². The molecule has 0 saturated carbocycles. The zero-order chi connectivity index (χ0) is 24.6. The van der Waals surface area contributed by atoms with Crippen LogP contribution in [0.1, 0.15) is 24.0 Å². The van der Waals surface area contributed by atoms with Crippen LogP contribution >= 0.6 is 0 Å². The topological polar surface area (TPSA) is 86.1 Å². The van der Waals surface area contributed by atoms with Crippen molar-refractivity contribution < 1.29 is 19.1 Å². The lowest BCUT2D eigenvalue weighted by molar-refractivity contribution is -0.384. The van der Waals surface area contributed by atoms with E-state index in [1.54, 1.807) is 13.2 Å². The Morgan fingerprint density at radius 1 is 0.914 bits per heavy atom. The molecule has 0 radical (unpaired) electrons. The molecule has 0 unspecified atom stereocenters. The monoisotopic (exact) mass is 477 g/mol. The van der Waals surface area contributed by atoms with Crippen molar-refractivity contribution in [1.82, 2.24) is 4.90 Å². The average Bonchev–Trinajstić information content (AvgIpc) is 2.89. The Labute approximate surface area is 205 Å². The summed E-state index contributed by atoms with van der Waals surface area (Å²) in [5.74, 6) is 1.96. The van der Waals surface area contributed by atoms with Gasteiger partial charge in [0.2, 0.25) is 0 Å². The Bertz CT molecular complexity index is 1130. The first-order valence-electron chi connectivity index (χ1n) is 11.7. The quantitative estimate of drug-likeness (QED) is 0.315. The smallest absolute Gasteiger partial charge is 0.273 e. The Morgan fingerprint density at radius 3 is 2.34 bits per heavy atom. The van der Waals surface area contributed by atoms with Crippen molar-refractivity contribution in [2.24, 2.45) is 0 Å². The summed E-state index contributed by atoms with van der Waals surface area (Å²) in [5.41, 5.74) is 3.10.